The van der Waals surface area contributed by atoms with Crippen LogP contribution in [0.15, 0.2) is 17.2 Å². The van der Waals surface area contributed by atoms with E-state index in [4.69, 9.17) is 27.9 Å². The van der Waals surface area contributed by atoms with Gasteiger partial charge in [0, 0.05) is 31.1 Å². The van der Waals surface area contributed by atoms with Gasteiger partial charge in [0.2, 0.25) is 0 Å². The third-order valence-corrected chi connectivity index (χ3v) is 4.94. The standard InChI is InChI=1S/C17H23Cl2N3O/c1-10(2)9-23-17-13(18)6-11(7-14(17)19)16-12-8-22(3)5-4-15(12)20-21-16/h6-7,10,12,16,21H,4-5,8-9H2,1-3H3. The Hall–Kier alpha value is -0.970. The topological polar surface area (TPSA) is 36.9 Å². The number of hydrazone groups is 1. The van der Waals surface area contributed by atoms with Crippen LogP contribution in [0.1, 0.15) is 31.9 Å². The largest absolute Gasteiger partial charge is 0.490 e. The molecule has 6 heteroatoms. The lowest BCUT2D eigenvalue weighted by Crippen LogP contribution is -2.39. The molecule has 2 atom stereocenters. The van der Waals surface area contributed by atoms with Gasteiger partial charge in [0.25, 0.3) is 0 Å². The van der Waals surface area contributed by atoms with Crippen molar-refractivity contribution in [2.24, 2.45) is 16.9 Å². The van der Waals surface area contributed by atoms with Crippen molar-refractivity contribution in [1.82, 2.24) is 10.3 Å². The molecule has 0 bridgehead atoms. The fraction of sp³-hybridized carbons (Fsp3) is 0.588. The average molecular weight is 356 g/mol. The predicted octanol–water partition coefficient (Wildman–Crippen LogP) is 3.98. The van der Waals surface area contributed by atoms with Gasteiger partial charge in [-0.15, -0.1) is 0 Å². The molecule has 1 aromatic rings. The fourth-order valence-electron chi connectivity index (χ4n) is 3.16. The van der Waals surface area contributed by atoms with Gasteiger partial charge >= 0.3 is 0 Å². The molecule has 1 aromatic carbocycles. The van der Waals surface area contributed by atoms with E-state index in [0.717, 1.165) is 25.1 Å². The van der Waals surface area contributed by atoms with Gasteiger partial charge in [-0.1, -0.05) is 37.0 Å². The summed E-state index contributed by atoms with van der Waals surface area (Å²) in [7, 11) is 2.15. The van der Waals surface area contributed by atoms with Crippen LogP contribution in [0.2, 0.25) is 10.0 Å². The third-order valence-electron chi connectivity index (χ3n) is 4.38. The van der Waals surface area contributed by atoms with Gasteiger partial charge in [-0.2, -0.15) is 5.10 Å². The van der Waals surface area contributed by atoms with E-state index in [9.17, 15) is 0 Å². The number of hydrogen-bond acceptors (Lipinski definition) is 4. The average Bonchev–Trinajstić information content (AvgIpc) is 2.88. The molecule has 4 nitrogen and oxygen atoms in total. The minimum Gasteiger partial charge on any atom is -0.490 e. The second-order valence-electron chi connectivity index (χ2n) is 6.85. The maximum absolute atomic E-state index is 6.42. The fourth-order valence-corrected chi connectivity index (χ4v) is 3.77. The smallest absolute Gasteiger partial charge is 0.156 e. The van der Waals surface area contributed by atoms with E-state index >= 15 is 0 Å². The van der Waals surface area contributed by atoms with E-state index < -0.39 is 0 Å². The van der Waals surface area contributed by atoms with Crippen LogP contribution in [-0.2, 0) is 0 Å². The zero-order valence-electron chi connectivity index (χ0n) is 13.8. The van der Waals surface area contributed by atoms with Crippen LogP contribution in [-0.4, -0.2) is 37.4 Å². The van der Waals surface area contributed by atoms with Crippen LogP contribution in [0.4, 0.5) is 0 Å². The Morgan fingerprint density at radius 3 is 2.70 bits per heavy atom. The SMILES string of the molecule is CC(C)COc1c(Cl)cc(C2NN=C3CCN(C)CC32)cc1Cl. The van der Waals surface area contributed by atoms with E-state index in [1.807, 2.05) is 12.1 Å². The summed E-state index contributed by atoms with van der Waals surface area (Å²) in [5, 5.41) is 5.64. The Labute approximate surface area is 147 Å². The Morgan fingerprint density at radius 1 is 1.35 bits per heavy atom. The highest BCUT2D eigenvalue weighted by Gasteiger charge is 2.36. The number of benzene rings is 1. The van der Waals surface area contributed by atoms with E-state index in [2.05, 4.69) is 36.3 Å². The summed E-state index contributed by atoms with van der Waals surface area (Å²) < 4.78 is 5.75. The van der Waals surface area contributed by atoms with Crippen molar-refractivity contribution < 1.29 is 4.74 Å². The first-order chi connectivity index (χ1) is 11.0. The summed E-state index contributed by atoms with van der Waals surface area (Å²) in [6.45, 7) is 6.85. The second-order valence-corrected chi connectivity index (χ2v) is 7.66. The predicted molar refractivity (Wildman–Crippen MR) is 95.7 cm³/mol. The highest BCUT2D eigenvalue weighted by Crippen LogP contribution is 2.39. The lowest BCUT2D eigenvalue weighted by molar-refractivity contribution is 0.269. The molecule has 23 heavy (non-hydrogen) atoms. The van der Waals surface area contributed by atoms with E-state index in [-0.39, 0.29) is 6.04 Å². The summed E-state index contributed by atoms with van der Waals surface area (Å²) in [5.74, 6) is 1.38. The summed E-state index contributed by atoms with van der Waals surface area (Å²) in [4.78, 5) is 2.34. The molecule has 2 unspecified atom stereocenters. The zero-order chi connectivity index (χ0) is 16.6. The maximum atomic E-state index is 6.42. The van der Waals surface area contributed by atoms with Crippen LogP contribution < -0.4 is 10.2 Å². The molecule has 2 aliphatic heterocycles. The quantitative estimate of drug-likeness (QED) is 0.887. The monoisotopic (exact) mass is 355 g/mol. The summed E-state index contributed by atoms with van der Waals surface area (Å²) in [5.41, 5.74) is 5.58. The van der Waals surface area contributed by atoms with Gasteiger partial charge in [-0.3, -0.25) is 0 Å². The van der Waals surface area contributed by atoms with Gasteiger partial charge in [0.1, 0.15) is 0 Å². The number of nitrogens with one attached hydrogen (secondary N) is 1. The number of nitrogens with zero attached hydrogens (tertiary/aromatic N) is 2. The number of rotatable bonds is 4. The van der Waals surface area contributed by atoms with Crippen molar-refractivity contribution in [3.8, 4) is 5.75 Å². The van der Waals surface area contributed by atoms with Crippen LogP contribution in [0.3, 0.4) is 0 Å². The van der Waals surface area contributed by atoms with Crippen molar-refractivity contribution in [2.75, 3.05) is 26.7 Å². The van der Waals surface area contributed by atoms with Crippen LogP contribution in [0, 0.1) is 11.8 Å². The number of likely N-dealkylation sites (tertiary alicyclic amines) is 1. The second kappa shape index (κ2) is 6.88. The Morgan fingerprint density at radius 2 is 2.04 bits per heavy atom. The van der Waals surface area contributed by atoms with Gasteiger partial charge in [0.05, 0.1) is 22.7 Å². The number of halogens is 2. The number of piperidine rings is 1. The molecule has 1 fully saturated rings. The molecule has 2 aliphatic rings. The number of fused-ring (bicyclic) bond motifs is 1. The molecule has 2 heterocycles. The van der Waals surface area contributed by atoms with E-state index in [0.29, 0.717) is 34.2 Å². The molecule has 3 rings (SSSR count). The molecule has 0 radical (unpaired) electrons. The van der Waals surface area contributed by atoms with Crippen LogP contribution >= 0.6 is 23.2 Å². The zero-order valence-corrected chi connectivity index (χ0v) is 15.3. The number of hydrogen-bond donors (Lipinski definition) is 1. The summed E-state index contributed by atoms with van der Waals surface area (Å²) in [6, 6.07) is 4.03. The lowest BCUT2D eigenvalue weighted by atomic mass is 9.86. The van der Waals surface area contributed by atoms with E-state index in [1.165, 1.54) is 5.71 Å². The van der Waals surface area contributed by atoms with Gasteiger partial charge < -0.3 is 15.1 Å². The first kappa shape index (κ1) is 16.9. The van der Waals surface area contributed by atoms with Gasteiger partial charge in [-0.05, 0) is 30.7 Å². The van der Waals surface area contributed by atoms with Crippen molar-refractivity contribution in [3.63, 3.8) is 0 Å². The van der Waals surface area contributed by atoms with Crippen molar-refractivity contribution >= 4 is 28.9 Å². The highest BCUT2D eigenvalue weighted by molar-refractivity contribution is 6.37. The van der Waals surface area contributed by atoms with E-state index in [1.54, 1.807) is 0 Å². The molecule has 0 amide bonds. The summed E-state index contributed by atoms with van der Waals surface area (Å²) in [6.07, 6.45) is 1.02. The minimum atomic E-state index is 0.127. The molecule has 1 N–H and O–H groups in total. The van der Waals surface area contributed by atoms with Gasteiger partial charge in [0.15, 0.2) is 5.75 Å². The molecule has 0 spiro atoms. The first-order valence-corrected chi connectivity index (χ1v) is 8.83. The normalized spacial score (nSPS) is 24.3. The molecule has 1 saturated heterocycles. The summed E-state index contributed by atoms with van der Waals surface area (Å²) >= 11 is 12.8. The first-order valence-electron chi connectivity index (χ1n) is 8.08. The Balaban J connectivity index is 1.81. The van der Waals surface area contributed by atoms with Gasteiger partial charge in [-0.25, -0.2) is 0 Å². The maximum Gasteiger partial charge on any atom is 0.156 e. The minimum absolute atomic E-state index is 0.127. The Kier molecular flexibility index (Phi) is 5.04. The van der Waals surface area contributed by atoms with Crippen LogP contribution in [0.25, 0.3) is 0 Å². The molecule has 0 saturated carbocycles. The molecular weight excluding hydrogens is 333 g/mol. The highest BCUT2D eigenvalue weighted by atomic mass is 35.5. The van der Waals surface area contributed by atoms with Crippen molar-refractivity contribution in [3.05, 3.63) is 27.7 Å². The number of ether oxygens (including phenoxy) is 1. The molecule has 0 aromatic heterocycles. The Bertz CT molecular complexity index is 595. The third kappa shape index (κ3) is 3.59. The molecule has 126 valence electrons. The molecular formula is C17H23Cl2N3O. The van der Waals surface area contributed by atoms with Crippen LogP contribution in [0.5, 0.6) is 5.75 Å². The molecule has 0 aliphatic carbocycles. The lowest BCUT2D eigenvalue weighted by Gasteiger charge is -2.31. The van der Waals surface area contributed by atoms with Crippen molar-refractivity contribution in [1.29, 1.82) is 0 Å². The van der Waals surface area contributed by atoms with Crippen molar-refractivity contribution in [2.45, 2.75) is 26.3 Å².